The molecule has 0 fully saturated rings. The smallest absolute Gasteiger partial charge is 0.306 e. The number of carbonyl (C=O) groups excluding carboxylic acids is 2. The largest absolute Gasteiger partial charge is 0.462 e. The SMILES string of the molecule is CC/C=C/C=C/C=C/C=C\CCCCCC(CC(=O)NC(CO)C(O)CCCCCCCCCCCCCCCCCC)OC(=O)CCCCCCCCC/C=C/C/C=C/CC. The number of hydrogen-bond donors (Lipinski definition) is 3. The highest BCUT2D eigenvalue weighted by atomic mass is 16.5. The van der Waals surface area contributed by atoms with Crippen molar-refractivity contribution in [3.8, 4) is 0 Å². The Morgan fingerprint density at radius 3 is 1.52 bits per heavy atom. The Morgan fingerprint density at radius 2 is 0.952 bits per heavy atom. The molecule has 62 heavy (non-hydrogen) atoms. The molecule has 358 valence electrons. The molecular weight excluding hydrogens is 767 g/mol. The van der Waals surface area contributed by atoms with E-state index in [1.165, 1.54) is 109 Å². The average molecular weight is 866 g/mol. The Bertz CT molecular complexity index is 1150. The van der Waals surface area contributed by atoms with E-state index >= 15 is 0 Å². The number of unbranched alkanes of at least 4 members (excludes halogenated alkanes) is 25. The van der Waals surface area contributed by atoms with Crippen LogP contribution < -0.4 is 5.32 Å². The standard InChI is InChI=1S/C56H99NO5/c1-4-7-10-13-16-19-22-25-27-28-30-33-36-39-42-45-48-54(59)53(51-58)57-55(60)50-52(47-44-41-38-35-32-29-24-21-18-15-12-9-6-3)62-56(61)49-46-43-40-37-34-31-26-23-20-17-14-11-8-5-2/h8-9,11-12,15,17-18,20-21,24,29,32,52-54,58-59H,4-7,10,13-14,16,19,22-23,25-28,30-31,33-51H2,1-3H3,(H,57,60)/b11-8+,12-9+,18-15+,20-17+,24-21+,32-29-. The summed E-state index contributed by atoms with van der Waals surface area (Å²) in [6.07, 6.45) is 62.5. The van der Waals surface area contributed by atoms with Crippen LogP contribution in [0.1, 0.15) is 245 Å². The first-order valence-electron chi connectivity index (χ1n) is 26.2. The zero-order valence-corrected chi connectivity index (χ0v) is 40.7. The summed E-state index contributed by atoms with van der Waals surface area (Å²) in [6, 6.07) is -0.719. The molecule has 6 heteroatoms. The number of ether oxygens (including phenoxy) is 1. The minimum atomic E-state index is -0.803. The molecule has 0 aliphatic rings. The van der Waals surface area contributed by atoms with Gasteiger partial charge in [0.1, 0.15) is 6.10 Å². The molecule has 3 N–H and O–H groups in total. The maximum absolute atomic E-state index is 13.2. The van der Waals surface area contributed by atoms with Crippen LogP contribution in [0.5, 0.6) is 0 Å². The first kappa shape index (κ1) is 59.3. The van der Waals surface area contributed by atoms with Crippen LogP contribution in [-0.2, 0) is 14.3 Å². The third-order valence-corrected chi connectivity index (χ3v) is 11.6. The van der Waals surface area contributed by atoms with Crippen LogP contribution in [0, 0.1) is 0 Å². The van der Waals surface area contributed by atoms with Gasteiger partial charge >= 0.3 is 5.97 Å². The molecule has 0 saturated carbocycles. The average Bonchev–Trinajstić information content (AvgIpc) is 3.26. The van der Waals surface area contributed by atoms with E-state index in [1.807, 2.05) is 24.3 Å². The second-order valence-corrected chi connectivity index (χ2v) is 17.6. The Morgan fingerprint density at radius 1 is 0.500 bits per heavy atom. The van der Waals surface area contributed by atoms with Gasteiger partial charge in [0.2, 0.25) is 5.91 Å². The summed E-state index contributed by atoms with van der Waals surface area (Å²) in [5.41, 5.74) is 0. The molecule has 3 unspecified atom stereocenters. The van der Waals surface area contributed by atoms with Crippen LogP contribution in [0.3, 0.4) is 0 Å². The molecule has 1 amide bonds. The summed E-state index contributed by atoms with van der Waals surface area (Å²) >= 11 is 0. The van der Waals surface area contributed by atoms with Crippen molar-refractivity contribution in [2.24, 2.45) is 0 Å². The predicted octanol–water partition coefficient (Wildman–Crippen LogP) is 15.8. The van der Waals surface area contributed by atoms with E-state index in [2.05, 4.69) is 74.7 Å². The van der Waals surface area contributed by atoms with E-state index in [1.54, 1.807) is 0 Å². The molecule has 0 aromatic carbocycles. The third-order valence-electron chi connectivity index (χ3n) is 11.6. The summed E-state index contributed by atoms with van der Waals surface area (Å²) in [5, 5.41) is 23.8. The van der Waals surface area contributed by atoms with Crippen LogP contribution in [-0.4, -0.2) is 46.9 Å². The molecule has 6 nitrogen and oxygen atoms in total. The molecule has 3 atom stereocenters. The number of amides is 1. The van der Waals surface area contributed by atoms with E-state index in [-0.39, 0.29) is 24.9 Å². The van der Waals surface area contributed by atoms with Crippen LogP contribution in [0.4, 0.5) is 0 Å². The number of esters is 1. The molecule has 0 aliphatic carbocycles. The minimum Gasteiger partial charge on any atom is -0.462 e. The van der Waals surface area contributed by atoms with Crippen LogP contribution in [0.25, 0.3) is 0 Å². The Balaban J connectivity index is 4.59. The molecule has 0 spiro atoms. The fourth-order valence-corrected chi connectivity index (χ4v) is 7.71. The molecule has 0 heterocycles. The zero-order chi connectivity index (χ0) is 45.2. The van der Waals surface area contributed by atoms with Crippen molar-refractivity contribution < 1.29 is 24.5 Å². The molecular formula is C56H99NO5. The summed E-state index contributed by atoms with van der Waals surface area (Å²) in [6.45, 7) is 6.23. The van der Waals surface area contributed by atoms with E-state index in [0.717, 1.165) is 89.9 Å². The van der Waals surface area contributed by atoms with Crippen LogP contribution >= 0.6 is 0 Å². The summed E-state index contributed by atoms with van der Waals surface area (Å²) in [5.74, 6) is -0.523. The molecule has 0 rings (SSSR count). The van der Waals surface area contributed by atoms with Gasteiger partial charge < -0.3 is 20.3 Å². The van der Waals surface area contributed by atoms with Gasteiger partial charge in [0, 0.05) is 6.42 Å². The van der Waals surface area contributed by atoms with Gasteiger partial charge in [0.15, 0.2) is 0 Å². The Labute approximate surface area is 383 Å². The number of allylic oxidation sites excluding steroid dienone is 12. The minimum absolute atomic E-state index is 0.0459. The Kier molecular flexibility index (Phi) is 47.2. The predicted molar refractivity (Wildman–Crippen MR) is 268 cm³/mol. The van der Waals surface area contributed by atoms with Gasteiger partial charge in [0.05, 0.1) is 25.2 Å². The van der Waals surface area contributed by atoms with Crippen LogP contribution in [0.2, 0.25) is 0 Å². The van der Waals surface area contributed by atoms with Crippen molar-refractivity contribution in [1.82, 2.24) is 5.32 Å². The molecule has 0 saturated heterocycles. The first-order valence-corrected chi connectivity index (χ1v) is 26.2. The number of aliphatic hydroxyl groups excluding tert-OH is 2. The Hall–Kier alpha value is -2.70. The number of aliphatic hydroxyl groups is 2. The summed E-state index contributed by atoms with van der Waals surface area (Å²) < 4.78 is 5.91. The normalized spacial score (nSPS) is 13.8. The molecule has 0 aliphatic heterocycles. The zero-order valence-electron chi connectivity index (χ0n) is 40.7. The van der Waals surface area contributed by atoms with Gasteiger partial charge in [-0.25, -0.2) is 0 Å². The van der Waals surface area contributed by atoms with E-state index in [0.29, 0.717) is 19.3 Å². The van der Waals surface area contributed by atoms with Gasteiger partial charge in [0.25, 0.3) is 0 Å². The van der Waals surface area contributed by atoms with Gasteiger partial charge in [-0.3, -0.25) is 9.59 Å². The van der Waals surface area contributed by atoms with Gasteiger partial charge in [-0.05, 0) is 70.6 Å². The number of carbonyl (C=O) groups is 2. The van der Waals surface area contributed by atoms with Crippen molar-refractivity contribution in [3.63, 3.8) is 0 Å². The topological polar surface area (TPSA) is 95.9 Å². The van der Waals surface area contributed by atoms with Gasteiger partial charge in [-0.15, -0.1) is 0 Å². The lowest BCUT2D eigenvalue weighted by Gasteiger charge is -2.24. The van der Waals surface area contributed by atoms with E-state index in [9.17, 15) is 19.8 Å². The number of rotatable bonds is 46. The number of hydrogen-bond acceptors (Lipinski definition) is 5. The second kappa shape index (κ2) is 49.3. The van der Waals surface area contributed by atoms with Crippen molar-refractivity contribution in [2.75, 3.05) is 6.61 Å². The van der Waals surface area contributed by atoms with Crippen molar-refractivity contribution in [2.45, 2.75) is 264 Å². The first-order chi connectivity index (χ1) is 30.5. The summed E-state index contributed by atoms with van der Waals surface area (Å²) in [7, 11) is 0. The third kappa shape index (κ3) is 43.9. The van der Waals surface area contributed by atoms with Gasteiger partial charge in [-0.1, -0.05) is 235 Å². The highest BCUT2D eigenvalue weighted by Gasteiger charge is 2.24. The van der Waals surface area contributed by atoms with Gasteiger partial charge in [-0.2, -0.15) is 0 Å². The highest BCUT2D eigenvalue weighted by Crippen LogP contribution is 2.18. The van der Waals surface area contributed by atoms with Crippen molar-refractivity contribution >= 4 is 11.9 Å². The maximum Gasteiger partial charge on any atom is 0.306 e. The quantitative estimate of drug-likeness (QED) is 0.0245. The number of nitrogens with one attached hydrogen (secondary N) is 1. The lowest BCUT2D eigenvalue weighted by Crippen LogP contribution is -2.46. The molecule has 0 aromatic heterocycles. The molecule has 0 bridgehead atoms. The lowest BCUT2D eigenvalue weighted by atomic mass is 10.0. The summed E-state index contributed by atoms with van der Waals surface area (Å²) in [4.78, 5) is 26.1. The van der Waals surface area contributed by atoms with Crippen LogP contribution in [0.15, 0.2) is 72.9 Å². The molecule has 0 aromatic rings. The van der Waals surface area contributed by atoms with Crippen molar-refractivity contribution in [1.29, 1.82) is 0 Å². The molecule has 0 radical (unpaired) electrons. The maximum atomic E-state index is 13.2. The second-order valence-electron chi connectivity index (χ2n) is 17.6. The fraction of sp³-hybridized carbons (Fsp3) is 0.750. The monoisotopic (exact) mass is 866 g/mol. The van der Waals surface area contributed by atoms with Crippen molar-refractivity contribution in [3.05, 3.63) is 72.9 Å². The fourth-order valence-electron chi connectivity index (χ4n) is 7.71. The lowest BCUT2D eigenvalue weighted by molar-refractivity contribution is -0.151. The van der Waals surface area contributed by atoms with E-state index < -0.39 is 18.2 Å². The highest BCUT2D eigenvalue weighted by molar-refractivity contribution is 5.77. The van der Waals surface area contributed by atoms with E-state index in [4.69, 9.17) is 4.74 Å².